The van der Waals surface area contributed by atoms with Crippen LogP contribution in [0, 0.1) is 0 Å². The highest BCUT2D eigenvalue weighted by Gasteiger charge is 2.09. The molecule has 1 heteroatoms. The minimum Gasteiger partial charge on any atom is -0.0879 e. The van der Waals surface area contributed by atoms with Gasteiger partial charge in [0.15, 0.2) is 0 Å². The van der Waals surface area contributed by atoms with E-state index in [0.717, 1.165) is 5.02 Å². The van der Waals surface area contributed by atoms with Crippen molar-refractivity contribution in [2.24, 2.45) is 0 Å². The highest BCUT2D eigenvalue weighted by molar-refractivity contribution is 6.30. The van der Waals surface area contributed by atoms with E-state index in [4.69, 9.17) is 11.6 Å². The first-order valence-electron chi connectivity index (χ1n) is 4.78. The van der Waals surface area contributed by atoms with Gasteiger partial charge in [0.25, 0.3) is 0 Å². The zero-order chi connectivity index (χ0) is 9.10. The Morgan fingerprint density at radius 1 is 1.15 bits per heavy atom. The number of halogens is 1. The average Bonchev–Trinajstić information content (AvgIpc) is 2.20. The molecule has 0 heterocycles. The molecule has 13 heavy (non-hydrogen) atoms. The minimum absolute atomic E-state index is 0.617. The molecule has 68 valence electrons. The summed E-state index contributed by atoms with van der Waals surface area (Å²) in [5.74, 6) is 0.617. The second-order valence-corrected chi connectivity index (χ2v) is 3.95. The molecule has 1 atom stereocenters. The molecular weight excluding hydrogens is 180 g/mol. The Hall–Kier alpha value is -0.750. The van der Waals surface area contributed by atoms with E-state index in [9.17, 15) is 0 Å². The van der Waals surface area contributed by atoms with Gasteiger partial charge in [0, 0.05) is 10.9 Å². The van der Waals surface area contributed by atoms with Gasteiger partial charge >= 0.3 is 0 Å². The predicted molar refractivity (Wildman–Crippen MR) is 57.2 cm³/mol. The molecule has 0 spiro atoms. The number of hydrogen-bond donors (Lipinski definition) is 0. The van der Waals surface area contributed by atoms with E-state index in [1.165, 1.54) is 24.8 Å². The van der Waals surface area contributed by atoms with Gasteiger partial charge in [0.05, 0.1) is 0 Å². The zero-order valence-corrected chi connectivity index (χ0v) is 8.30. The Morgan fingerprint density at radius 3 is 2.54 bits per heavy atom. The van der Waals surface area contributed by atoms with E-state index >= 15 is 0 Å². The van der Waals surface area contributed by atoms with Crippen LogP contribution in [0.3, 0.4) is 0 Å². The van der Waals surface area contributed by atoms with Crippen molar-refractivity contribution in [2.45, 2.75) is 25.2 Å². The Kier molecular flexibility index (Phi) is 2.70. The molecule has 1 aliphatic rings. The normalized spacial score (nSPS) is 21.8. The fourth-order valence-electron chi connectivity index (χ4n) is 1.80. The van der Waals surface area contributed by atoms with Crippen molar-refractivity contribution in [1.29, 1.82) is 0 Å². The summed E-state index contributed by atoms with van der Waals surface area (Å²) in [5.41, 5.74) is 1.39. The van der Waals surface area contributed by atoms with Crippen molar-refractivity contribution in [3.8, 4) is 0 Å². The summed E-state index contributed by atoms with van der Waals surface area (Å²) in [4.78, 5) is 0. The molecule has 0 aliphatic heterocycles. The maximum atomic E-state index is 5.83. The summed E-state index contributed by atoms with van der Waals surface area (Å²) in [5, 5.41) is 0.823. The Labute approximate surface area is 84.2 Å². The van der Waals surface area contributed by atoms with Gasteiger partial charge in [-0.25, -0.2) is 0 Å². The SMILES string of the molecule is Clc1ccc(C2C=CCCC2)cc1. The highest BCUT2D eigenvalue weighted by atomic mass is 35.5. The van der Waals surface area contributed by atoms with Crippen LogP contribution in [0.5, 0.6) is 0 Å². The molecule has 1 aromatic carbocycles. The van der Waals surface area contributed by atoms with Crippen LogP contribution >= 0.6 is 11.6 Å². The van der Waals surface area contributed by atoms with Crippen LogP contribution in [-0.2, 0) is 0 Å². The quantitative estimate of drug-likeness (QED) is 0.586. The number of rotatable bonds is 1. The fourth-order valence-corrected chi connectivity index (χ4v) is 1.93. The highest BCUT2D eigenvalue weighted by Crippen LogP contribution is 2.28. The van der Waals surface area contributed by atoms with Crippen LogP contribution < -0.4 is 0 Å². The van der Waals surface area contributed by atoms with Crippen molar-refractivity contribution in [3.05, 3.63) is 47.0 Å². The molecular formula is C12H13Cl. The van der Waals surface area contributed by atoms with Crippen LogP contribution in [-0.4, -0.2) is 0 Å². The molecule has 0 saturated heterocycles. The third kappa shape index (κ3) is 2.13. The van der Waals surface area contributed by atoms with Crippen LogP contribution in [0.4, 0.5) is 0 Å². The molecule has 0 bridgehead atoms. The third-order valence-electron chi connectivity index (χ3n) is 2.55. The van der Waals surface area contributed by atoms with Crippen LogP contribution in [0.1, 0.15) is 30.7 Å². The molecule has 0 N–H and O–H groups in total. The van der Waals surface area contributed by atoms with Gasteiger partial charge < -0.3 is 0 Å². The lowest BCUT2D eigenvalue weighted by Crippen LogP contribution is -1.98. The fraction of sp³-hybridized carbons (Fsp3) is 0.333. The summed E-state index contributed by atoms with van der Waals surface area (Å²) in [7, 11) is 0. The van der Waals surface area contributed by atoms with Crippen molar-refractivity contribution in [1.82, 2.24) is 0 Å². The van der Waals surface area contributed by atoms with Crippen molar-refractivity contribution < 1.29 is 0 Å². The number of hydrogen-bond acceptors (Lipinski definition) is 0. The van der Waals surface area contributed by atoms with E-state index in [-0.39, 0.29) is 0 Å². The van der Waals surface area contributed by atoms with Crippen LogP contribution in [0.15, 0.2) is 36.4 Å². The van der Waals surface area contributed by atoms with E-state index < -0.39 is 0 Å². The van der Waals surface area contributed by atoms with Gasteiger partial charge in [0.1, 0.15) is 0 Å². The molecule has 0 amide bonds. The summed E-state index contributed by atoms with van der Waals surface area (Å²) in [6.45, 7) is 0. The number of benzene rings is 1. The summed E-state index contributed by atoms with van der Waals surface area (Å²) in [6.07, 6.45) is 8.42. The Bertz CT molecular complexity index is 297. The largest absolute Gasteiger partial charge is 0.0879 e. The van der Waals surface area contributed by atoms with Gasteiger partial charge in [-0.3, -0.25) is 0 Å². The van der Waals surface area contributed by atoms with Crippen LogP contribution in [0.25, 0.3) is 0 Å². The molecule has 0 aromatic heterocycles. The first kappa shape index (κ1) is 8.83. The Balaban J connectivity index is 2.19. The second-order valence-electron chi connectivity index (χ2n) is 3.52. The molecule has 0 fully saturated rings. The lowest BCUT2D eigenvalue weighted by molar-refractivity contribution is 0.654. The molecule has 1 unspecified atom stereocenters. The van der Waals surface area contributed by atoms with Crippen molar-refractivity contribution in [3.63, 3.8) is 0 Å². The lowest BCUT2D eigenvalue weighted by Gasteiger charge is -2.16. The van der Waals surface area contributed by atoms with Crippen LogP contribution in [0.2, 0.25) is 5.02 Å². The lowest BCUT2D eigenvalue weighted by atomic mass is 9.89. The van der Waals surface area contributed by atoms with E-state index in [2.05, 4.69) is 24.3 Å². The first-order chi connectivity index (χ1) is 6.36. The maximum absolute atomic E-state index is 5.83. The van der Waals surface area contributed by atoms with Gasteiger partial charge in [-0.1, -0.05) is 35.9 Å². The van der Waals surface area contributed by atoms with Gasteiger partial charge in [0.2, 0.25) is 0 Å². The molecule has 2 rings (SSSR count). The zero-order valence-electron chi connectivity index (χ0n) is 7.54. The second kappa shape index (κ2) is 3.97. The Morgan fingerprint density at radius 2 is 1.92 bits per heavy atom. The predicted octanol–water partition coefficient (Wildman–Crippen LogP) is 4.16. The average molecular weight is 193 g/mol. The maximum Gasteiger partial charge on any atom is 0.0406 e. The van der Waals surface area contributed by atoms with E-state index in [1.54, 1.807) is 0 Å². The molecule has 0 nitrogen and oxygen atoms in total. The summed E-state index contributed by atoms with van der Waals surface area (Å²) < 4.78 is 0. The van der Waals surface area contributed by atoms with E-state index in [0.29, 0.717) is 5.92 Å². The standard InChI is InChI=1S/C12H13Cl/c13-12-8-6-11(7-9-12)10-4-2-1-3-5-10/h2,4,6-10H,1,3,5H2. The van der Waals surface area contributed by atoms with Gasteiger partial charge in [-0.05, 0) is 37.0 Å². The first-order valence-corrected chi connectivity index (χ1v) is 5.16. The summed E-state index contributed by atoms with van der Waals surface area (Å²) in [6, 6.07) is 8.20. The molecule has 0 radical (unpaired) electrons. The molecule has 0 saturated carbocycles. The monoisotopic (exact) mass is 192 g/mol. The third-order valence-corrected chi connectivity index (χ3v) is 2.80. The van der Waals surface area contributed by atoms with E-state index in [1.807, 2.05) is 12.1 Å². The summed E-state index contributed by atoms with van der Waals surface area (Å²) >= 11 is 5.83. The minimum atomic E-state index is 0.617. The number of allylic oxidation sites excluding steroid dienone is 2. The van der Waals surface area contributed by atoms with Crippen molar-refractivity contribution in [2.75, 3.05) is 0 Å². The molecule has 1 aromatic rings. The van der Waals surface area contributed by atoms with Gasteiger partial charge in [-0.15, -0.1) is 0 Å². The smallest absolute Gasteiger partial charge is 0.0406 e. The molecule has 1 aliphatic carbocycles. The topological polar surface area (TPSA) is 0 Å². The van der Waals surface area contributed by atoms with Crippen molar-refractivity contribution >= 4 is 11.6 Å². The van der Waals surface area contributed by atoms with Gasteiger partial charge in [-0.2, -0.15) is 0 Å².